The van der Waals surface area contributed by atoms with Crippen LogP contribution in [0.5, 0.6) is 0 Å². The van der Waals surface area contributed by atoms with Gasteiger partial charge in [-0.05, 0) is 49.4 Å². The fourth-order valence-corrected chi connectivity index (χ4v) is 5.14. The molecule has 0 saturated carbocycles. The number of nitrogens with two attached hydrogens (primary N) is 2. The number of hydrogen-bond acceptors (Lipinski definition) is 2. The predicted molar refractivity (Wildman–Crippen MR) is 126 cm³/mol. The molecule has 0 aliphatic heterocycles. The van der Waals surface area contributed by atoms with Crippen molar-refractivity contribution in [2.75, 3.05) is 0 Å². The van der Waals surface area contributed by atoms with E-state index in [1.165, 1.54) is 25.2 Å². The standard InChI is InChI=1S/C27H25F7N2O2/c1-15-11-19(25(28,26(29,30)31)27(32,33)34)12-16(2)20(15)24(22(36)38)10-9-23(21(35)37,17(3)13-24)14-18-7-5-4-6-8-18/h4-13H,14H2,1-3H3,(H2,35,37)(H2,36,38). The molecule has 3 rings (SSSR count). The molecule has 0 aromatic heterocycles. The molecule has 2 amide bonds. The SMILES string of the molecule is CC1=CC(C(N)=O)(c2c(C)cc(C(F)(C(F)(F)F)C(F)(F)F)cc2C)C=CC1(Cc1ccccc1)C(N)=O. The van der Waals surface area contributed by atoms with Gasteiger partial charge in [0.1, 0.15) is 5.41 Å². The average molecular weight is 542 g/mol. The van der Waals surface area contributed by atoms with E-state index in [9.17, 15) is 40.3 Å². The van der Waals surface area contributed by atoms with Crippen LogP contribution in [0.2, 0.25) is 0 Å². The number of hydrogen-bond donors (Lipinski definition) is 2. The molecule has 38 heavy (non-hydrogen) atoms. The number of amides is 2. The molecule has 4 nitrogen and oxygen atoms in total. The monoisotopic (exact) mass is 542 g/mol. The van der Waals surface area contributed by atoms with Gasteiger partial charge < -0.3 is 11.5 Å². The smallest absolute Gasteiger partial charge is 0.369 e. The number of halogens is 7. The van der Waals surface area contributed by atoms with Crippen LogP contribution in [0.3, 0.4) is 0 Å². The first-order valence-electron chi connectivity index (χ1n) is 11.3. The van der Waals surface area contributed by atoms with Crippen molar-refractivity contribution in [3.8, 4) is 0 Å². The molecule has 2 aromatic rings. The van der Waals surface area contributed by atoms with E-state index >= 15 is 0 Å². The molecular weight excluding hydrogens is 517 g/mol. The van der Waals surface area contributed by atoms with Gasteiger partial charge >= 0.3 is 18.0 Å². The zero-order chi connectivity index (χ0) is 28.9. The van der Waals surface area contributed by atoms with Crippen molar-refractivity contribution in [2.45, 2.75) is 50.6 Å². The number of benzene rings is 2. The highest BCUT2D eigenvalue weighted by Gasteiger charge is 2.73. The van der Waals surface area contributed by atoms with Crippen LogP contribution in [0.4, 0.5) is 30.7 Å². The lowest BCUT2D eigenvalue weighted by Gasteiger charge is -2.39. The lowest BCUT2D eigenvalue weighted by atomic mass is 9.63. The molecule has 204 valence electrons. The van der Waals surface area contributed by atoms with Crippen LogP contribution in [-0.2, 0) is 27.1 Å². The van der Waals surface area contributed by atoms with E-state index in [4.69, 9.17) is 11.5 Å². The Bertz CT molecular complexity index is 1290. The summed E-state index contributed by atoms with van der Waals surface area (Å²) < 4.78 is 95.0. The predicted octanol–water partition coefficient (Wildman–Crippen LogP) is 5.55. The highest BCUT2D eigenvalue weighted by atomic mass is 19.4. The molecule has 0 spiro atoms. The lowest BCUT2D eigenvalue weighted by molar-refractivity contribution is -0.348. The highest BCUT2D eigenvalue weighted by Crippen LogP contribution is 2.54. The first kappa shape index (κ1) is 28.9. The zero-order valence-electron chi connectivity index (χ0n) is 20.6. The van der Waals surface area contributed by atoms with Crippen molar-refractivity contribution in [1.29, 1.82) is 0 Å². The number of alkyl halides is 7. The van der Waals surface area contributed by atoms with E-state index in [1.807, 2.05) is 0 Å². The maximum Gasteiger partial charge on any atom is 0.435 e. The van der Waals surface area contributed by atoms with Crippen LogP contribution >= 0.6 is 0 Å². The first-order chi connectivity index (χ1) is 17.3. The molecule has 4 N–H and O–H groups in total. The van der Waals surface area contributed by atoms with Crippen LogP contribution in [-0.4, -0.2) is 24.2 Å². The van der Waals surface area contributed by atoms with Crippen molar-refractivity contribution in [1.82, 2.24) is 0 Å². The first-order valence-corrected chi connectivity index (χ1v) is 11.3. The fourth-order valence-electron chi connectivity index (χ4n) is 5.14. The molecule has 0 saturated heterocycles. The second-order valence-electron chi connectivity index (χ2n) is 9.53. The van der Waals surface area contributed by atoms with E-state index < -0.39 is 46.2 Å². The average Bonchev–Trinajstić information content (AvgIpc) is 2.78. The summed E-state index contributed by atoms with van der Waals surface area (Å²) >= 11 is 0. The summed E-state index contributed by atoms with van der Waals surface area (Å²) in [6.07, 6.45) is -8.51. The molecule has 0 heterocycles. The van der Waals surface area contributed by atoms with E-state index in [-0.39, 0.29) is 23.1 Å². The van der Waals surface area contributed by atoms with Crippen molar-refractivity contribution >= 4 is 11.8 Å². The molecule has 2 unspecified atom stereocenters. The van der Waals surface area contributed by atoms with Gasteiger partial charge in [0.15, 0.2) is 0 Å². The summed E-state index contributed by atoms with van der Waals surface area (Å²) in [5.41, 5.74) is 1.45. The van der Waals surface area contributed by atoms with Crippen LogP contribution in [0.15, 0.2) is 66.3 Å². The Hall–Kier alpha value is -3.63. The zero-order valence-corrected chi connectivity index (χ0v) is 20.6. The topological polar surface area (TPSA) is 86.2 Å². The van der Waals surface area contributed by atoms with Crippen LogP contribution < -0.4 is 11.5 Å². The Morgan fingerprint density at radius 1 is 0.789 bits per heavy atom. The summed E-state index contributed by atoms with van der Waals surface area (Å²) in [5.74, 6) is -1.76. The van der Waals surface area contributed by atoms with Gasteiger partial charge in [0.05, 0.1) is 5.41 Å². The number of primary amides is 2. The Balaban J connectivity index is 2.24. The molecule has 0 bridgehead atoms. The third-order valence-electron chi connectivity index (χ3n) is 7.08. The highest BCUT2D eigenvalue weighted by molar-refractivity contribution is 5.96. The van der Waals surface area contributed by atoms with Gasteiger partial charge in [0.2, 0.25) is 11.8 Å². The van der Waals surface area contributed by atoms with Gasteiger partial charge in [-0.25, -0.2) is 4.39 Å². The summed E-state index contributed by atoms with van der Waals surface area (Å²) in [7, 11) is 0. The minimum atomic E-state index is -6.30. The summed E-state index contributed by atoms with van der Waals surface area (Å²) in [4.78, 5) is 25.5. The Morgan fingerprint density at radius 3 is 1.68 bits per heavy atom. The van der Waals surface area contributed by atoms with Crippen molar-refractivity contribution in [3.63, 3.8) is 0 Å². The summed E-state index contributed by atoms with van der Waals surface area (Å²) in [5, 5.41) is 0. The summed E-state index contributed by atoms with van der Waals surface area (Å²) in [6, 6.07) is 9.63. The summed E-state index contributed by atoms with van der Waals surface area (Å²) in [6.45, 7) is 3.83. The van der Waals surface area contributed by atoms with Crippen molar-refractivity contribution < 1.29 is 40.3 Å². The molecule has 2 aromatic carbocycles. The molecule has 1 aliphatic rings. The van der Waals surface area contributed by atoms with E-state index in [2.05, 4.69) is 0 Å². The maximum atomic E-state index is 14.8. The van der Waals surface area contributed by atoms with Gasteiger partial charge in [-0.15, -0.1) is 0 Å². The number of rotatable bonds is 6. The third kappa shape index (κ3) is 4.37. The lowest BCUT2D eigenvalue weighted by Crippen LogP contribution is -2.50. The van der Waals surface area contributed by atoms with Gasteiger partial charge in [-0.2, -0.15) is 26.3 Å². The molecule has 2 atom stereocenters. The van der Waals surface area contributed by atoms with E-state index in [0.717, 1.165) is 19.4 Å². The third-order valence-corrected chi connectivity index (χ3v) is 7.08. The van der Waals surface area contributed by atoms with E-state index in [0.29, 0.717) is 17.7 Å². The number of carbonyl (C=O) groups is 2. The Kier molecular flexibility index (Phi) is 7.07. The van der Waals surface area contributed by atoms with Gasteiger partial charge in [-0.3, -0.25) is 9.59 Å². The molecule has 0 fully saturated rings. The minimum absolute atomic E-state index is 0.0335. The molecule has 0 radical (unpaired) electrons. The second kappa shape index (κ2) is 9.28. The molecule has 11 heteroatoms. The van der Waals surface area contributed by atoms with Crippen molar-refractivity contribution in [3.05, 3.63) is 94.1 Å². The quantitative estimate of drug-likeness (QED) is 0.371. The van der Waals surface area contributed by atoms with Gasteiger partial charge in [0, 0.05) is 5.56 Å². The number of carbonyl (C=O) groups excluding carboxylic acids is 2. The fraction of sp³-hybridized carbons (Fsp3) is 0.333. The number of aryl methyl sites for hydroxylation is 2. The van der Waals surface area contributed by atoms with Crippen LogP contribution in [0.1, 0.15) is 34.7 Å². The maximum absolute atomic E-state index is 14.8. The largest absolute Gasteiger partial charge is 0.435 e. The van der Waals surface area contributed by atoms with Gasteiger partial charge in [0.25, 0.3) is 0 Å². The van der Waals surface area contributed by atoms with Crippen molar-refractivity contribution in [2.24, 2.45) is 16.9 Å². The molecular formula is C27H25F7N2O2. The van der Waals surface area contributed by atoms with Crippen LogP contribution in [0, 0.1) is 19.3 Å². The van der Waals surface area contributed by atoms with E-state index in [1.54, 1.807) is 30.3 Å². The second-order valence-corrected chi connectivity index (χ2v) is 9.53. The molecule has 1 aliphatic carbocycles. The van der Waals surface area contributed by atoms with Crippen LogP contribution in [0.25, 0.3) is 0 Å². The minimum Gasteiger partial charge on any atom is -0.369 e. The normalized spacial score (nSPS) is 22.2. The van der Waals surface area contributed by atoms with Gasteiger partial charge in [-0.1, -0.05) is 66.3 Å². The Labute approximate surface area is 214 Å². The Morgan fingerprint density at radius 2 is 1.29 bits per heavy atom.